The van der Waals surface area contributed by atoms with E-state index in [2.05, 4.69) is 27.7 Å². The quantitative estimate of drug-likeness (QED) is 0.614. The second kappa shape index (κ2) is 10.1. The second-order valence-corrected chi connectivity index (χ2v) is 7.75. The zero-order valence-electron chi connectivity index (χ0n) is 18.1. The fraction of sp³-hybridized carbons (Fsp3) is 0.231. The Hall–Kier alpha value is -3.64. The number of nitrogens with zero attached hydrogens (tertiary/aromatic N) is 1. The van der Waals surface area contributed by atoms with Crippen LogP contribution in [0.15, 0.2) is 78.9 Å². The van der Waals surface area contributed by atoms with Crippen molar-refractivity contribution in [1.29, 1.82) is 0 Å². The molecule has 6 heteroatoms. The number of hydrogen-bond acceptors (Lipinski definition) is 4. The maximum absolute atomic E-state index is 13.0. The predicted octanol–water partition coefficient (Wildman–Crippen LogP) is 4.27. The molecule has 1 heterocycles. The number of nitrogens with one attached hydrogen (secondary N) is 2. The molecule has 3 aromatic carbocycles. The highest BCUT2D eigenvalue weighted by Crippen LogP contribution is 2.22. The van der Waals surface area contributed by atoms with Crippen LogP contribution in [0.25, 0.3) is 0 Å². The van der Waals surface area contributed by atoms with Crippen LogP contribution in [0.1, 0.15) is 39.2 Å². The van der Waals surface area contributed by atoms with E-state index in [1.165, 1.54) is 0 Å². The summed E-state index contributed by atoms with van der Waals surface area (Å²) in [6.07, 6.45) is 0. The van der Waals surface area contributed by atoms with Crippen LogP contribution in [0.5, 0.6) is 0 Å². The molecule has 0 aliphatic carbocycles. The molecule has 2 N–H and O–H groups in total. The highest BCUT2D eigenvalue weighted by Gasteiger charge is 2.17. The van der Waals surface area contributed by atoms with Gasteiger partial charge in [0.05, 0.1) is 30.5 Å². The van der Waals surface area contributed by atoms with E-state index in [1.807, 2.05) is 25.1 Å². The monoisotopic (exact) mass is 429 g/mol. The molecule has 1 atom stereocenters. The smallest absolute Gasteiger partial charge is 0.255 e. The first-order valence-electron chi connectivity index (χ1n) is 10.8. The van der Waals surface area contributed by atoms with Gasteiger partial charge in [0.2, 0.25) is 0 Å². The van der Waals surface area contributed by atoms with Gasteiger partial charge in [-0.15, -0.1) is 0 Å². The number of ether oxygens (including phenoxy) is 1. The van der Waals surface area contributed by atoms with Gasteiger partial charge in [0.1, 0.15) is 0 Å². The Morgan fingerprint density at radius 1 is 0.844 bits per heavy atom. The number of para-hydroxylation sites is 1. The van der Waals surface area contributed by atoms with E-state index in [4.69, 9.17) is 4.74 Å². The van der Waals surface area contributed by atoms with E-state index in [-0.39, 0.29) is 17.9 Å². The molecule has 6 nitrogen and oxygen atoms in total. The van der Waals surface area contributed by atoms with E-state index in [9.17, 15) is 9.59 Å². The molecule has 1 saturated heterocycles. The molecular formula is C26H27N3O3. The molecule has 1 aliphatic heterocycles. The number of rotatable bonds is 6. The minimum absolute atomic E-state index is 0.181. The molecule has 1 fully saturated rings. The van der Waals surface area contributed by atoms with Crippen LogP contribution in [0.2, 0.25) is 0 Å². The summed E-state index contributed by atoms with van der Waals surface area (Å²) in [5.41, 5.74) is 3.62. The Balaban J connectivity index is 1.43. The lowest BCUT2D eigenvalue weighted by Crippen LogP contribution is -2.36. The predicted molar refractivity (Wildman–Crippen MR) is 126 cm³/mol. The maximum atomic E-state index is 13.0. The topological polar surface area (TPSA) is 70.7 Å². The lowest BCUT2D eigenvalue weighted by atomic mass is 10.1. The summed E-state index contributed by atoms with van der Waals surface area (Å²) in [6, 6.07) is 24.0. The molecule has 4 rings (SSSR count). The Bertz CT molecular complexity index is 1060. The highest BCUT2D eigenvalue weighted by atomic mass is 16.5. The van der Waals surface area contributed by atoms with Crippen LogP contribution in [0.4, 0.5) is 11.4 Å². The minimum Gasteiger partial charge on any atom is -0.378 e. The lowest BCUT2D eigenvalue weighted by Gasteiger charge is -2.29. The van der Waals surface area contributed by atoms with Crippen molar-refractivity contribution in [3.63, 3.8) is 0 Å². The molecule has 1 unspecified atom stereocenters. The summed E-state index contributed by atoms with van der Waals surface area (Å²) in [7, 11) is 0. The molecule has 3 aromatic rings. The molecule has 0 radical (unpaired) electrons. The maximum Gasteiger partial charge on any atom is 0.255 e. The Labute approximate surface area is 188 Å². The molecule has 0 bridgehead atoms. The number of morpholine rings is 1. The number of carbonyl (C=O) groups is 2. The van der Waals surface area contributed by atoms with E-state index in [1.54, 1.807) is 48.5 Å². The first-order chi connectivity index (χ1) is 15.6. The van der Waals surface area contributed by atoms with Crippen molar-refractivity contribution >= 4 is 23.2 Å². The van der Waals surface area contributed by atoms with Crippen molar-refractivity contribution in [1.82, 2.24) is 5.32 Å². The summed E-state index contributed by atoms with van der Waals surface area (Å²) in [6.45, 7) is 5.21. The number of hydrogen-bond donors (Lipinski definition) is 2. The Morgan fingerprint density at radius 3 is 2.22 bits per heavy atom. The van der Waals surface area contributed by atoms with Crippen LogP contribution < -0.4 is 15.5 Å². The highest BCUT2D eigenvalue weighted by molar-refractivity contribution is 6.09. The van der Waals surface area contributed by atoms with Gasteiger partial charge in [0.15, 0.2) is 0 Å². The summed E-state index contributed by atoms with van der Waals surface area (Å²) < 4.78 is 5.41. The van der Waals surface area contributed by atoms with Crippen LogP contribution in [-0.2, 0) is 4.74 Å². The fourth-order valence-corrected chi connectivity index (χ4v) is 3.73. The van der Waals surface area contributed by atoms with Gasteiger partial charge in [-0.1, -0.05) is 42.5 Å². The van der Waals surface area contributed by atoms with Gasteiger partial charge in [0, 0.05) is 24.3 Å². The van der Waals surface area contributed by atoms with E-state index < -0.39 is 0 Å². The number of carbonyl (C=O) groups excluding carboxylic acids is 2. The normalized spacial score (nSPS) is 14.5. The van der Waals surface area contributed by atoms with Gasteiger partial charge in [-0.2, -0.15) is 0 Å². The standard InChI is InChI=1S/C26H27N3O3/c1-19(20-11-13-22(14-12-20)29-15-17-32-18-16-29)27-26(31)23-9-5-6-10-24(23)28-25(30)21-7-3-2-4-8-21/h2-14,19H,15-18H2,1H3,(H,27,31)(H,28,30). The van der Waals surface area contributed by atoms with Crippen molar-refractivity contribution < 1.29 is 14.3 Å². The Morgan fingerprint density at radius 2 is 1.50 bits per heavy atom. The van der Waals surface area contributed by atoms with Crippen LogP contribution in [0, 0.1) is 0 Å². The summed E-state index contributed by atoms with van der Waals surface area (Å²) in [5.74, 6) is -0.490. The van der Waals surface area contributed by atoms with Crippen molar-refractivity contribution in [2.24, 2.45) is 0 Å². The van der Waals surface area contributed by atoms with Gasteiger partial charge >= 0.3 is 0 Å². The first kappa shape index (κ1) is 21.6. The first-order valence-corrected chi connectivity index (χ1v) is 10.8. The molecule has 0 saturated carbocycles. The van der Waals surface area contributed by atoms with Crippen LogP contribution in [0.3, 0.4) is 0 Å². The van der Waals surface area contributed by atoms with Gasteiger partial charge in [-0.3, -0.25) is 9.59 Å². The number of amides is 2. The zero-order valence-corrected chi connectivity index (χ0v) is 18.1. The average molecular weight is 430 g/mol. The van der Waals surface area contributed by atoms with Gasteiger partial charge in [-0.25, -0.2) is 0 Å². The number of anilines is 2. The average Bonchev–Trinajstić information content (AvgIpc) is 2.85. The third kappa shape index (κ3) is 5.15. The van der Waals surface area contributed by atoms with E-state index in [0.717, 1.165) is 37.6 Å². The van der Waals surface area contributed by atoms with E-state index in [0.29, 0.717) is 16.8 Å². The SMILES string of the molecule is CC(NC(=O)c1ccccc1NC(=O)c1ccccc1)c1ccc(N2CCOCC2)cc1. The van der Waals surface area contributed by atoms with Crippen LogP contribution in [-0.4, -0.2) is 38.1 Å². The Kier molecular flexibility index (Phi) is 6.82. The van der Waals surface area contributed by atoms with Gasteiger partial charge < -0.3 is 20.3 Å². The lowest BCUT2D eigenvalue weighted by molar-refractivity contribution is 0.0940. The number of benzene rings is 3. The van der Waals surface area contributed by atoms with Crippen LogP contribution >= 0.6 is 0 Å². The summed E-state index contributed by atoms with van der Waals surface area (Å²) in [4.78, 5) is 27.8. The van der Waals surface area contributed by atoms with Gasteiger partial charge in [-0.05, 0) is 48.9 Å². The van der Waals surface area contributed by atoms with E-state index >= 15 is 0 Å². The van der Waals surface area contributed by atoms with Crippen molar-refractivity contribution in [3.05, 3.63) is 95.6 Å². The van der Waals surface area contributed by atoms with Crippen molar-refractivity contribution in [3.8, 4) is 0 Å². The second-order valence-electron chi connectivity index (χ2n) is 7.75. The third-order valence-corrected chi connectivity index (χ3v) is 5.57. The van der Waals surface area contributed by atoms with Crippen molar-refractivity contribution in [2.45, 2.75) is 13.0 Å². The largest absolute Gasteiger partial charge is 0.378 e. The third-order valence-electron chi connectivity index (χ3n) is 5.57. The molecule has 164 valence electrons. The van der Waals surface area contributed by atoms with Gasteiger partial charge in [0.25, 0.3) is 11.8 Å². The molecule has 0 spiro atoms. The molecule has 0 aromatic heterocycles. The van der Waals surface area contributed by atoms with Crippen molar-refractivity contribution in [2.75, 3.05) is 36.5 Å². The zero-order chi connectivity index (χ0) is 22.3. The minimum atomic E-state index is -0.252. The summed E-state index contributed by atoms with van der Waals surface area (Å²) >= 11 is 0. The molecule has 2 amide bonds. The fourth-order valence-electron chi connectivity index (χ4n) is 3.73. The summed E-state index contributed by atoms with van der Waals surface area (Å²) in [5, 5.41) is 5.89. The molecule has 1 aliphatic rings. The molecule has 32 heavy (non-hydrogen) atoms. The molecular weight excluding hydrogens is 402 g/mol.